The maximum absolute atomic E-state index is 12.9. The molecule has 120 valence electrons. The normalized spacial score (nSPS) is 12.8. The minimum absolute atomic E-state index is 0.0711. The molecule has 0 unspecified atom stereocenters. The number of para-hydroxylation sites is 1. The molecule has 1 atom stereocenters. The standard InChI is InChI=1S/C17H15N5OS/c1-10-14(12-6-3-4-7-13(12)19-10)15(23)11(2)24-17-20-16-18-8-5-9-22(16)21-17/h3-9,11,19H,1-2H3/t11-/m1/s1. The van der Waals surface area contributed by atoms with Gasteiger partial charge < -0.3 is 4.98 Å². The minimum Gasteiger partial charge on any atom is -0.358 e. The lowest BCUT2D eigenvalue weighted by Gasteiger charge is -2.08. The number of aryl methyl sites for hydroxylation is 1. The molecule has 3 aromatic heterocycles. The van der Waals surface area contributed by atoms with E-state index in [4.69, 9.17) is 0 Å². The van der Waals surface area contributed by atoms with Gasteiger partial charge in [-0.2, -0.15) is 4.98 Å². The van der Waals surface area contributed by atoms with Gasteiger partial charge in [0, 0.05) is 34.6 Å². The summed E-state index contributed by atoms with van der Waals surface area (Å²) in [4.78, 5) is 24.7. The van der Waals surface area contributed by atoms with Crippen molar-refractivity contribution in [2.45, 2.75) is 24.3 Å². The highest BCUT2D eigenvalue weighted by Crippen LogP contribution is 2.28. The molecule has 3 heterocycles. The first kappa shape index (κ1) is 14.9. The molecule has 1 aromatic carbocycles. The Labute approximate surface area is 142 Å². The molecule has 6 nitrogen and oxygen atoms in total. The van der Waals surface area contributed by atoms with Gasteiger partial charge in [-0.05, 0) is 26.0 Å². The van der Waals surface area contributed by atoms with E-state index in [-0.39, 0.29) is 11.0 Å². The van der Waals surface area contributed by atoms with Gasteiger partial charge in [-0.1, -0.05) is 30.0 Å². The Hall–Kier alpha value is -2.67. The second-order valence-electron chi connectivity index (χ2n) is 5.55. The Morgan fingerprint density at radius 1 is 1.29 bits per heavy atom. The molecular weight excluding hydrogens is 322 g/mol. The van der Waals surface area contributed by atoms with Gasteiger partial charge in [-0.3, -0.25) is 4.79 Å². The van der Waals surface area contributed by atoms with Gasteiger partial charge in [0.15, 0.2) is 5.78 Å². The number of hydrogen-bond donors (Lipinski definition) is 1. The van der Waals surface area contributed by atoms with Crippen LogP contribution >= 0.6 is 11.8 Å². The number of nitrogens with zero attached hydrogens (tertiary/aromatic N) is 4. The summed E-state index contributed by atoms with van der Waals surface area (Å²) >= 11 is 1.35. The van der Waals surface area contributed by atoms with Crippen molar-refractivity contribution < 1.29 is 4.79 Å². The van der Waals surface area contributed by atoms with Crippen LogP contribution in [-0.4, -0.2) is 35.6 Å². The van der Waals surface area contributed by atoms with E-state index in [1.165, 1.54) is 11.8 Å². The molecule has 0 aliphatic carbocycles. The first-order valence-corrected chi connectivity index (χ1v) is 8.47. The molecule has 0 fully saturated rings. The zero-order valence-corrected chi connectivity index (χ0v) is 14.0. The van der Waals surface area contributed by atoms with E-state index in [1.54, 1.807) is 23.0 Å². The van der Waals surface area contributed by atoms with E-state index >= 15 is 0 Å². The van der Waals surface area contributed by atoms with Crippen molar-refractivity contribution in [3.8, 4) is 0 Å². The second kappa shape index (κ2) is 5.76. The molecule has 0 aliphatic rings. The van der Waals surface area contributed by atoms with Crippen molar-refractivity contribution in [2.75, 3.05) is 0 Å². The molecule has 0 saturated carbocycles. The number of benzene rings is 1. The van der Waals surface area contributed by atoms with Gasteiger partial charge in [0.25, 0.3) is 5.78 Å². The summed E-state index contributed by atoms with van der Waals surface area (Å²) in [6, 6.07) is 9.64. The van der Waals surface area contributed by atoms with Crippen LogP contribution in [0.3, 0.4) is 0 Å². The zero-order chi connectivity index (χ0) is 16.7. The summed E-state index contributed by atoms with van der Waals surface area (Å²) in [6.45, 7) is 3.81. The smallest absolute Gasteiger partial charge is 0.253 e. The number of fused-ring (bicyclic) bond motifs is 2. The first-order valence-electron chi connectivity index (χ1n) is 7.59. The van der Waals surface area contributed by atoms with Crippen molar-refractivity contribution >= 4 is 34.2 Å². The fourth-order valence-corrected chi connectivity index (χ4v) is 3.58. The number of rotatable bonds is 4. The largest absolute Gasteiger partial charge is 0.358 e. The van der Waals surface area contributed by atoms with Crippen LogP contribution in [0.25, 0.3) is 16.7 Å². The molecule has 0 amide bonds. The third kappa shape index (κ3) is 2.46. The third-order valence-corrected chi connectivity index (χ3v) is 4.84. The molecule has 24 heavy (non-hydrogen) atoms. The number of nitrogens with one attached hydrogen (secondary N) is 1. The van der Waals surface area contributed by atoms with Crippen LogP contribution in [0.4, 0.5) is 0 Å². The summed E-state index contributed by atoms with van der Waals surface area (Å²) in [5, 5.41) is 5.56. The molecule has 1 N–H and O–H groups in total. The summed E-state index contributed by atoms with van der Waals surface area (Å²) in [5.74, 6) is 0.602. The molecule has 0 radical (unpaired) electrons. The molecule has 4 aromatic rings. The molecule has 7 heteroatoms. The van der Waals surface area contributed by atoms with Crippen molar-refractivity contribution in [1.82, 2.24) is 24.6 Å². The number of aromatic amines is 1. The van der Waals surface area contributed by atoms with Crippen molar-refractivity contribution in [3.05, 3.63) is 54.0 Å². The third-order valence-electron chi connectivity index (χ3n) is 3.89. The van der Waals surface area contributed by atoms with E-state index in [2.05, 4.69) is 20.1 Å². The number of Topliss-reactive ketones (excluding diaryl/α,β-unsaturated/α-hetero) is 1. The van der Waals surface area contributed by atoms with Crippen molar-refractivity contribution in [3.63, 3.8) is 0 Å². The number of hydrogen-bond acceptors (Lipinski definition) is 5. The van der Waals surface area contributed by atoms with Crippen molar-refractivity contribution in [1.29, 1.82) is 0 Å². The molecule has 0 bridgehead atoms. The van der Waals surface area contributed by atoms with Crippen molar-refractivity contribution in [2.24, 2.45) is 0 Å². The predicted octanol–water partition coefficient (Wildman–Crippen LogP) is 3.28. The number of thioether (sulfide) groups is 1. The summed E-state index contributed by atoms with van der Waals surface area (Å²) < 4.78 is 1.61. The van der Waals surface area contributed by atoms with E-state index in [1.807, 2.05) is 38.1 Å². The second-order valence-corrected chi connectivity index (χ2v) is 6.86. The average Bonchev–Trinajstić information content (AvgIpc) is 3.13. The lowest BCUT2D eigenvalue weighted by molar-refractivity contribution is 0.0995. The fraction of sp³-hybridized carbons (Fsp3) is 0.176. The lowest BCUT2D eigenvalue weighted by atomic mass is 10.1. The topological polar surface area (TPSA) is 75.9 Å². The Bertz CT molecular complexity index is 1020. The summed E-state index contributed by atoms with van der Waals surface area (Å²) in [6.07, 6.45) is 3.46. The molecular formula is C17H15N5OS. The van der Waals surface area contributed by atoms with Crippen LogP contribution in [0.1, 0.15) is 23.0 Å². The number of carbonyl (C=O) groups is 1. The maximum atomic E-state index is 12.9. The highest BCUT2D eigenvalue weighted by molar-refractivity contribution is 8.00. The monoisotopic (exact) mass is 337 g/mol. The first-order chi connectivity index (χ1) is 11.6. The zero-order valence-electron chi connectivity index (χ0n) is 13.2. The highest BCUT2D eigenvalue weighted by atomic mass is 32.2. The van der Waals surface area contributed by atoms with Gasteiger partial charge in [0.2, 0.25) is 5.16 Å². The summed E-state index contributed by atoms with van der Waals surface area (Å²) in [7, 11) is 0. The van der Waals surface area contributed by atoms with Gasteiger partial charge in [0.1, 0.15) is 0 Å². The number of ketones is 1. The van der Waals surface area contributed by atoms with Crippen LogP contribution in [0.5, 0.6) is 0 Å². The Morgan fingerprint density at radius 2 is 2.12 bits per heavy atom. The van der Waals surface area contributed by atoms with Crippen LogP contribution in [-0.2, 0) is 0 Å². The van der Waals surface area contributed by atoms with Crippen LogP contribution in [0, 0.1) is 6.92 Å². The maximum Gasteiger partial charge on any atom is 0.253 e. The van der Waals surface area contributed by atoms with E-state index in [9.17, 15) is 4.79 Å². The van der Waals surface area contributed by atoms with E-state index in [0.717, 1.165) is 22.2 Å². The van der Waals surface area contributed by atoms with Gasteiger partial charge in [-0.15, -0.1) is 5.10 Å². The molecule has 0 saturated heterocycles. The van der Waals surface area contributed by atoms with E-state index in [0.29, 0.717) is 10.9 Å². The summed E-state index contributed by atoms with van der Waals surface area (Å²) in [5.41, 5.74) is 2.61. The Kier molecular flexibility index (Phi) is 3.57. The molecule has 4 rings (SSSR count). The van der Waals surface area contributed by atoms with E-state index < -0.39 is 0 Å². The number of aromatic nitrogens is 5. The van der Waals surface area contributed by atoms with Crippen LogP contribution in [0.15, 0.2) is 47.9 Å². The van der Waals surface area contributed by atoms with Gasteiger partial charge in [-0.25, -0.2) is 9.50 Å². The Balaban J connectivity index is 1.64. The van der Waals surface area contributed by atoms with Gasteiger partial charge in [0.05, 0.1) is 5.25 Å². The fourth-order valence-electron chi connectivity index (χ4n) is 2.77. The van der Waals surface area contributed by atoms with Crippen LogP contribution in [0.2, 0.25) is 0 Å². The SMILES string of the molecule is Cc1[nH]c2ccccc2c1C(=O)[C@@H](C)Sc1nc2ncccn2n1. The number of H-pyrrole nitrogens is 1. The molecule has 0 spiro atoms. The number of carbonyl (C=O) groups excluding carboxylic acids is 1. The quantitative estimate of drug-likeness (QED) is 0.457. The van der Waals surface area contributed by atoms with Gasteiger partial charge >= 0.3 is 0 Å². The lowest BCUT2D eigenvalue weighted by Crippen LogP contribution is -2.14. The predicted molar refractivity (Wildman–Crippen MR) is 93.5 cm³/mol. The average molecular weight is 337 g/mol. The molecule has 0 aliphatic heterocycles. The Morgan fingerprint density at radius 3 is 2.96 bits per heavy atom. The minimum atomic E-state index is -0.291. The van der Waals surface area contributed by atoms with Crippen LogP contribution < -0.4 is 0 Å². The highest BCUT2D eigenvalue weighted by Gasteiger charge is 2.23.